The summed E-state index contributed by atoms with van der Waals surface area (Å²) in [6.07, 6.45) is 3.72. The number of aromatic nitrogens is 1. The largest absolute Gasteiger partial charge is 0.504 e. The monoisotopic (exact) mass is 496 g/mol. The van der Waals surface area contributed by atoms with Gasteiger partial charge >= 0.3 is 5.97 Å². The number of carbonyl (C=O) groups is 1. The average Bonchev–Trinajstić information content (AvgIpc) is 3.13. The molecule has 0 unspecified atom stereocenters. The van der Waals surface area contributed by atoms with E-state index in [0.29, 0.717) is 31.9 Å². The molecule has 3 aromatic rings. The van der Waals surface area contributed by atoms with Crippen LogP contribution >= 0.6 is 23.1 Å². The van der Waals surface area contributed by atoms with E-state index in [1.54, 1.807) is 48.4 Å². The lowest BCUT2D eigenvalue weighted by molar-refractivity contribution is -0.139. The number of nitrogens with zero attached hydrogens (tertiary/aromatic N) is 2. The molecular formula is C25H24N2O5S2. The first-order valence-electron chi connectivity index (χ1n) is 10.6. The maximum Gasteiger partial charge on any atom is 0.338 e. The number of aromatic hydroxyl groups is 1. The molecule has 1 aromatic heterocycles. The van der Waals surface area contributed by atoms with Crippen molar-refractivity contribution in [2.45, 2.75) is 24.8 Å². The lowest BCUT2D eigenvalue weighted by Gasteiger charge is -2.24. The molecule has 7 nitrogen and oxygen atoms in total. The van der Waals surface area contributed by atoms with Gasteiger partial charge < -0.3 is 14.6 Å². The van der Waals surface area contributed by atoms with Crippen LogP contribution in [0, 0.1) is 0 Å². The molecule has 1 aliphatic rings. The molecule has 0 aliphatic carbocycles. The van der Waals surface area contributed by atoms with E-state index in [2.05, 4.69) is 4.99 Å². The van der Waals surface area contributed by atoms with Crippen molar-refractivity contribution < 1.29 is 19.4 Å². The van der Waals surface area contributed by atoms with E-state index in [-0.39, 0.29) is 17.9 Å². The Morgan fingerprint density at radius 2 is 2.00 bits per heavy atom. The maximum absolute atomic E-state index is 13.6. The van der Waals surface area contributed by atoms with E-state index in [1.807, 2.05) is 30.5 Å². The number of hydrogen-bond acceptors (Lipinski definition) is 8. The highest BCUT2D eigenvalue weighted by Crippen LogP contribution is 2.32. The zero-order valence-corrected chi connectivity index (χ0v) is 20.8. The van der Waals surface area contributed by atoms with E-state index in [0.717, 1.165) is 10.5 Å². The molecule has 1 N–H and O–H groups in total. The highest BCUT2D eigenvalue weighted by molar-refractivity contribution is 7.98. The summed E-state index contributed by atoms with van der Waals surface area (Å²) in [6, 6.07) is 12.0. The quantitative estimate of drug-likeness (QED) is 0.416. The maximum atomic E-state index is 13.6. The number of carbonyl (C=O) groups excluding carboxylic acids is 1. The predicted octanol–water partition coefficient (Wildman–Crippen LogP) is 3.23. The number of thioether (sulfide) groups is 1. The topological polar surface area (TPSA) is 90.1 Å². The molecule has 0 saturated heterocycles. The van der Waals surface area contributed by atoms with Gasteiger partial charge in [-0.1, -0.05) is 29.5 Å². The molecule has 0 amide bonds. The van der Waals surface area contributed by atoms with E-state index >= 15 is 0 Å². The van der Waals surface area contributed by atoms with Crippen LogP contribution in [-0.4, -0.2) is 35.6 Å². The van der Waals surface area contributed by atoms with Crippen molar-refractivity contribution in [1.29, 1.82) is 0 Å². The van der Waals surface area contributed by atoms with Gasteiger partial charge in [-0.2, -0.15) is 0 Å². The highest BCUT2D eigenvalue weighted by atomic mass is 32.2. The number of methoxy groups -OCH3 is 1. The number of ether oxygens (including phenoxy) is 2. The highest BCUT2D eigenvalue weighted by Gasteiger charge is 2.33. The number of rotatable bonds is 6. The van der Waals surface area contributed by atoms with E-state index in [9.17, 15) is 14.7 Å². The minimum absolute atomic E-state index is 0.0181. The van der Waals surface area contributed by atoms with Gasteiger partial charge in [0.05, 0.1) is 35.6 Å². The van der Waals surface area contributed by atoms with Crippen molar-refractivity contribution >= 4 is 35.1 Å². The Kier molecular flexibility index (Phi) is 6.95. The summed E-state index contributed by atoms with van der Waals surface area (Å²) in [5.41, 5.74) is 2.11. The van der Waals surface area contributed by atoms with Gasteiger partial charge in [-0.05, 0) is 61.6 Å². The van der Waals surface area contributed by atoms with E-state index in [4.69, 9.17) is 9.47 Å². The van der Waals surface area contributed by atoms with Crippen LogP contribution in [0.5, 0.6) is 11.5 Å². The van der Waals surface area contributed by atoms with Gasteiger partial charge in [0.15, 0.2) is 16.3 Å². The second kappa shape index (κ2) is 9.90. The fourth-order valence-electron chi connectivity index (χ4n) is 3.83. The Morgan fingerprint density at radius 1 is 1.26 bits per heavy atom. The summed E-state index contributed by atoms with van der Waals surface area (Å²) < 4.78 is 12.5. The SMILES string of the molecule is CCOC(=O)C1=C(C)N=c2s/c(=C\c3ccc(O)c(OC)c3)c(=O)n2[C@@H]1c1ccc(SC)cc1. The summed E-state index contributed by atoms with van der Waals surface area (Å²) in [7, 11) is 1.47. The Hall–Kier alpha value is -3.30. The normalized spacial score (nSPS) is 15.6. The minimum Gasteiger partial charge on any atom is -0.504 e. The smallest absolute Gasteiger partial charge is 0.338 e. The number of benzene rings is 2. The van der Waals surface area contributed by atoms with Crippen LogP contribution in [0.15, 0.2) is 68.4 Å². The van der Waals surface area contributed by atoms with Crippen LogP contribution in [-0.2, 0) is 9.53 Å². The van der Waals surface area contributed by atoms with Crippen molar-refractivity contribution in [1.82, 2.24) is 4.57 Å². The summed E-state index contributed by atoms with van der Waals surface area (Å²) in [5, 5.41) is 9.87. The third-order valence-corrected chi connectivity index (χ3v) is 7.18. The summed E-state index contributed by atoms with van der Waals surface area (Å²) in [6.45, 7) is 3.73. The second-order valence-electron chi connectivity index (χ2n) is 7.51. The molecule has 0 spiro atoms. The average molecular weight is 497 g/mol. The number of phenols is 1. The van der Waals surface area contributed by atoms with Crippen molar-refractivity contribution in [3.8, 4) is 11.5 Å². The van der Waals surface area contributed by atoms with Crippen molar-refractivity contribution in [2.75, 3.05) is 20.0 Å². The summed E-state index contributed by atoms with van der Waals surface area (Å²) >= 11 is 2.86. The molecule has 0 radical (unpaired) electrons. The van der Waals surface area contributed by atoms with Gasteiger partial charge in [-0.25, -0.2) is 9.79 Å². The van der Waals surface area contributed by atoms with Crippen LogP contribution in [0.1, 0.15) is 31.0 Å². The van der Waals surface area contributed by atoms with Crippen LogP contribution in [0.4, 0.5) is 0 Å². The number of hydrogen-bond donors (Lipinski definition) is 1. The third-order valence-electron chi connectivity index (χ3n) is 5.45. The molecule has 176 valence electrons. The van der Waals surface area contributed by atoms with Gasteiger partial charge in [0, 0.05) is 4.90 Å². The molecule has 4 rings (SSSR count). The fraction of sp³-hybridized carbons (Fsp3) is 0.240. The van der Waals surface area contributed by atoms with E-state index in [1.165, 1.54) is 24.5 Å². The number of thiazole rings is 1. The van der Waals surface area contributed by atoms with Gasteiger partial charge in [-0.3, -0.25) is 9.36 Å². The minimum atomic E-state index is -0.650. The number of allylic oxidation sites excluding steroid dienone is 1. The number of phenolic OH excluding ortho intramolecular Hbond substituents is 1. The number of esters is 1. The van der Waals surface area contributed by atoms with Crippen LogP contribution in [0.2, 0.25) is 0 Å². The van der Waals surface area contributed by atoms with E-state index < -0.39 is 12.0 Å². The molecule has 0 bridgehead atoms. The zero-order chi connectivity index (χ0) is 24.4. The van der Waals surface area contributed by atoms with Gasteiger partial charge in [0.2, 0.25) is 0 Å². The predicted molar refractivity (Wildman–Crippen MR) is 133 cm³/mol. The first-order valence-corrected chi connectivity index (χ1v) is 12.6. The van der Waals surface area contributed by atoms with Crippen LogP contribution in [0.3, 0.4) is 0 Å². The van der Waals surface area contributed by atoms with Gasteiger partial charge in [0.25, 0.3) is 5.56 Å². The molecule has 1 atom stereocenters. The lowest BCUT2D eigenvalue weighted by Crippen LogP contribution is -2.39. The van der Waals surface area contributed by atoms with Crippen molar-refractivity contribution in [3.05, 3.63) is 84.5 Å². The molecule has 0 fully saturated rings. The Morgan fingerprint density at radius 3 is 2.65 bits per heavy atom. The molecule has 2 aromatic carbocycles. The zero-order valence-electron chi connectivity index (χ0n) is 19.2. The Bertz CT molecular complexity index is 1450. The molecule has 2 heterocycles. The molecule has 34 heavy (non-hydrogen) atoms. The Labute approximate surface area is 204 Å². The first kappa shape index (κ1) is 23.8. The van der Waals surface area contributed by atoms with Gasteiger partial charge in [-0.15, -0.1) is 11.8 Å². The Balaban J connectivity index is 1.93. The summed E-state index contributed by atoms with van der Waals surface area (Å²) in [5.74, 6) is -0.154. The molecular weight excluding hydrogens is 472 g/mol. The molecule has 0 saturated carbocycles. The lowest BCUT2D eigenvalue weighted by atomic mass is 9.96. The van der Waals surface area contributed by atoms with Crippen molar-refractivity contribution in [2.24, 2.45) is 4.99 Å². The van der Waals surface area contributed by atoms with Gasteiger partial charge in [0.1, 0.15) is 0 Å². The standard InChI is InChI=1S/C25H24N2O5S2/c1-5-32-24(30)21-14(2)26-25-27(22(21)16-7-9-17(33-4)10-8-16)23(29)20(34-25)13-15-6-11-18(28)19(12-15)31-3/h6-13,22,28H,5H2,1-4H3/b20-13-/t22-/m1/s1. The second-order valence-corrected chi connectivity index (χ2v) is 9.40. The van der Waals surface area contributed by atoms with Crippen molar-refractivity contribution in [3.63, 3.8) is 0 Å². The summed E-state index contributed by atoms with van der Waals surface area (Å²) in [4.78, 5) is 32.7. The number of fused-ring (bicyclic) bond motifs is 1. The van der Waals surface area contributed by atoms with Crippen LogP contribution < -0.4 is 19.6 Å². The molecule has 1 aliphatic heterocycles. The fourth-order valence-corrected chi connectivity index (χ4v) is 5.28. The first-order chi connectivity index (χ1) is 16.4. The molecule has 9 heteroatoms. The third kappa shape index (κ3) is 4.41. The van der Waals surface area contributed by atoms with Crippen LogP contribution in [0.25, 0.3) is 6.08 Å².